The number of rotatable bonds is 6. The number of nitrogens with one attached hydrogen (secondary N) is 1. The molecule has 19 heavy (non-hydrogen) atoms. The Morgan fingerprint density at radius 1 is 1.32 bits per heavy atom. The topological polar surface area (TPSA) is 119 Å². The summed E-state index contributed by atoms with van der Waals surface area (Å²) < 4.78 is 5.07. The van der Waals surface area contributed by atoms with Crippen LogP contribution in [0.5, 0.6) is 0 Å². The van der Waals surface area contributed by atoms with Gasteiger partial charge in [0.1, 0.15) is 11.6 Å². The lowest BCUT2D eigenvalue weighted by atomic mass is 10.1. The second kappa shape index (κ2) is 7.08. The minimum absolute atomic E-state index is 0.00725. The molecule has 110 valence electrons. The maximum absolute atomic E-state index is 11.5. The maximum Gasteiger partial charge on any atom is 0.325 e. The highest BCUT2D eigenvalue weighted by Crippen LogP contribution is 2.09. The monoisotopic (exact) mass is 274 g/mol. The predicted octanol–water partition coefficient (Wildman–Crippen LogP) is 0.0249. The summed E-state index contributed by atoms with van der Waals surface area (Å²) in [5.74, 6) is -2.19. The van der Waals surface area contributed by atoms with Gasteiger partial charge in [-0.25, -0.2) is 0 Å². The third-order valence-corrected chi connectivity index (χ3v) is 2.15. The standard InChI is InChI=1S/C12H22N2O5/c1-7(11(17)18)14-10(16)8(13)5-6-9(15)19-12(2,3)4/h7-8H,5-6,13H2,1-4H3,(H,14,16)(H,17,18). The molecule has 2 unspecified atom stereocenters. The van der Waals surface area contributed by atoms with Crippen LogP contribution in [-0.2, 0) is 19.1 Å². The zero-order valence-electron chi connectivity index (χ0n) is 11.7. The average molecular weight is 274 g/mol. The first-order valence-corrected chi connectivity index (χ1v) is 6.03. The Kier molecular flexibility index (Phi) is 6.47. The van der Waals surface area contributed by atoms with Crippen molar-refractivity contribution in [1.29, 1.82) is 0 Å². The van der Waals surface area contributed by atoms with Crippen LogP contribution in [-0.4, -0.2) is 40.6 Å². The van der Waals surface area contributed by atoms with Crippen LogP contribution in [0, 0.1) is 0 Å². The van der Waals surface area contributed by atoms with Crippen LogP contribution in [0.1, 0.15) is 40.5 Å². The molecule has 4 N–H and O–H groups in total. The quantitative estimate of drug-likeness (QED) is 0.588. The number of carboxylic acids is 1. The molecule has 7 heteroatoms. The van der Waals surface area contributed by atoms with Gasteiger partial charge >= 0.3 is 11.9 Å². The van der Waals surface area contributed by atoms with Gasteiger partial charge < -0.3 is 20.9 Å². The van der Waals surface area contributed by atoms with E-state index in [-0.39, 0.29) is 12.8 Å². The second-order valence-corrected chi connectivity index (χ2v) is 5.30. The third-order valence-electron chi connectivity index (χ3n) is 2.15. The van der Waals surface area contributed by atoms with E-state index in [0.29, 0.717) is 0 Å². The zero-order chi connectivity index (χ0) is 15.2. The highest BCUT2D eigenvalue weighted by atomic mass is 16.6. The fraction of sp³-hybridized carbons (Fsp3) is 0.750. The van der Waals surface area contributed by atoms with E-state index in [2.05, 4.69) is 5.32 Å². The Labute approximate surface area is 112 Å². The van der Waals surface area contributed by atoms with Crippen molar-refractivity contribution in [3.05, 3.63) is 0 Å². The van der Waals surface area contributed by atoms with E-state index in [1.807, 2.05) is 0 Å². The summed E-state index contributed by atoms with van der Waals surface area (Å²) in [6, 6.07) is -1.95. The second-order valence-electron chi connectivity index (χ2n) is 5.30. The van der Waals surface area contributed by atoms with Gasteiger partial charge in [-0.3, -0.25) is 14.4 Å². The molecule has 0 aliphatic heterocycles. The predicted molar refractivity (Wildman–Crippen MR) is 68.3 cm³/mol. The molecular weight excluding hydrogens is 252 g/mol. The lowest BCUT2D eigenvalue weighted by molar-refractivity contribution is -0.155. The number of aliphatic carboxylic acids is 1. The van der Waals surface area contributed by atoms with E-state index in [0.717, 1.165) is 0 Å². The Balaban J connectivity index is 4.11. The Bertz CT molecular complexity index is 349. The van der Waals surface area contributed by atoms with Crippen molar-refractivity contribution in [2.75, 3.05) is 0 Å². The highest BCUT2D eigenvalue weighted by molar-refractivity contribution is 5.86. The Morgan fingerprint density at radius 2 is 1.84 bits per heavy atom. The van der Waals surface area contributed by atoms with Gasteiger partial charge in [0, 0.05) is 6.42 Å². The van der Waals surface area contributed by atoms with Gasteiger partial charge in [-0.2, -0.15) is 0 Å². The number of amides is 1. The molecule has 0 heterocycles. The molecule has 2 atom stereocenters. The number of carbonyl (C=O) groups is 3. The fourth-order valence-electron chi connectivity index (χ4n) is 1.18. The van der Waals surface area contributed by atoms with E-state index in [1.165, 1.54) is 6.92 Å². The van der Waals surface area contributed by atoms with Crippen molar-refractivity contribution in [3.8, 4) is 0 Å². The van der Waals surface area contributed by atoms with E-state index < -0.39 is 35.5 Å². The number of carboxylic acid groups (broad SMARTS) is 1. The van der Waals surface area contributed by atoms with Crippen molar-refractivity contribution >= 4 is 17.8 Å². The van der Waals surface area contributed by atoms with Gasteiger partial charge in [0.25, 0.3) is 0 Å². The summed E-state index contributed by atoms with van der Waals surface area (Å²) in [4.78, 5) is 33.5. The zero-order valence-corrected chi connectivity index (χ0v) is 11.7. The SMILES string of the molecule is CC(NC(=O)C(N)CCC(=O)OC(C)(C)C)C(=O)O. The lowest BCUT2D eigenvalue weighted by Gasteiger charge is -2.20. The molecule has 0 aromatic heterocycles. The average Bonchev–Trinajstić information content (AvgIpc) is 2.23. The molecule has 0 aromatic carbocycles. The van der Waals surface area contributed by atoms with Crippen LogP contribution in [0.25, 0.3) is 0 Å². The largest absolute Gasteiger partial charge is 0.480 e. The van der Waals surface area contributed by atoms with Crippen molar-refractivity contribution in [3.63, 3.8) is 0 Å². The summed E-state index contributed by atoms with van der Waals surface area (Å²) in [5, 5.41) is 10.9. The van der Waals surface area contributed by atoms with Gasteiger partial charge in [0.15, 0.2) is 0 Å². The molecule has 0 spiro atoms. The summed E-state index contributed by atoms with van der Waals surface area (Å²) in [5.41, 5.74) is 4.98. The summed E-state index contributed by atoms with van der Waals surface area (Å²) in [6.07, 6.45) is 0.112. The van der Waals surface area contributed by atoms with Gasteiger partial charge in [-0.1, -0.05) is 0 Å². The van der Waals surface area contributed by atoms with Crippen molar-refractivity contribution < 1.29 is 24.2 Å². The molecule has 0 aliphatic rings. The van der Waals surface area contributed by atoms with Crippen LogP contribution in [0.4, 0.5) is 0 Å². The summed E-state index contributed by atoms with van der Waals surface area (Å²) >= 11 is 0. The first kappa shape index (κ1) is 17.4. The van der Waals surface area contributed by atoms with E-state index in [4.69, 9.17) is 15.6 Å². The van der Waals surface area contributed by atoms with Crippen LogP contribution in [0.3, 0.4) is 0 Å². The van der Waals surface area contributed by atoms with Crippen LogP contribution in [0.15, 0.2) is 0 Å². The first-order chi connectivity index (χ1) is 8.53. The molecule has 0 radical (unpaired) electrons. The molecule has 0 aliphatic carbocycles. The number of ether oxygens (including phenoxy) is 1. The molecule has 1 amide bonds. The molecular formula is C12H22N2O5. The molecule has 0 fully saturated rings. The Morgan fingerprint density at radius 3 is 2.26 bits per heavy atom. The number of hydrogen-bond acceptors (Lipinski definition) is 5. The molecule has 0 saturated carbocycles. The van der Waals surface area contributed by atoms with Gasteiger partial charge in [-0.05, 0) is 34.1 Å². The summed E-state index contributed by atoms with van der Waals surface area (Å²) in [6.45, 7) is 6.56. The molecule has 7 nitrogen and oxygen atoms in total. The smallest absolute Gasteiger partial charge is 0.325 e. The van der Waals surface area contributed by atoms with Crippen LogP contribution < -0.4 is 11.1 Å². The number of hydrogen-bond donors (Lipinski definition) is 3. The van der Waals surface area contributed by atoms with Crippen LogP contribution in [0.2, 0.25) is 0 Å². The van der Waals surface area contributed by atoms with Crippen molar-refractivity contribution in [1.82, 2.24) is 5.32 Å². The molecule has 0 saturated heterocycles. The van der Waals surface area contributed by atoms with Crippen LogP contribution >= 0.6 is 0 Å². The summed E-state index contributed by atoms with van der Waals surface area (Å²) in [7, 11) is 0. The minimum atomic E-state index is -1.15. The Hall–Kier alpha value is -1.63. The highest BCUT2D eigenvalue weighted by Gasteiger charge is 2.22. The van der Waals surface area contributed by atoms with Gasteiger partial charge in [0.05, 0.1) is 6.04 Å². The molecule has 0 rings (SSSR count). The maximum atomic E-state index is 11.5. The van der Waals surface area contributed by atoms with Gasteiger partial charge in [-0.15, -0.1) is 0 Å². The molecule has 0 aromatic rings. The first-order valence-electron chi connectivity index (χ1n) is 6.03. The van der Waals surface area contributed by atoms with Gasteiger partial charge in [0.2, 0.25) is 5.91 Å². The van der Waals surface area contributed by atoms with E-state index in [9.17, 15) is 14.4 Å². The van der Waals surface area contributed by atoms with Crippen molar-refractivity contribution in [2.24, 2.45) is 5.73 Å². The van der Waals surface area contributed by atoms with E-state index >= 15 is 0 Å². The van der Waals surface area contributed by atoms with Crippen molar-refractivity contribution in [2.45, 2.75) is 58.2 Å². The number of nitrogens with two attached hydrogens (primary N) is 1. The molecule has 0 bridgehead atoms. The lowest BCUT2D eigenvalue weighted by Crippen LogP contribution is -2.47. The third kappa shape index (κ3) is 8.15. The normalized spacial score (nSPS) is 14.4. The minimum Gasteiger partial charge on any atom is -0.480 e. The fourth-order valence-corrected chi connectivity index (χ4v) is 1.18. The number of esters is 1. The van der Waals surface area contributed by atoms with E-state index in [1.54, 1.807) is 20.8 Å². The number of carbonyl (C=O) groups excluding carboxylic acids is 2.